The van der Waals surface area contributed by atoms with Crippen LogP contribution in [0.3, 0.4) is 0 Å². The van der Waals surface area contributed by atoms with E-state index < -0.39 is 192 Å². The van der Waals surface area contributed by atoms with Crippen LogP contribution in [0.2, 0.25) is 0 Å². The third kappa shape index (κ3) is 21.5. The molecule has 16 rings (SSSR count). The summed E-state index contributed by atoms with van der Waals surface area (Å²) in [6.07, 6.45) is 5.88. The number of aromatic nitrogens is 8. The average molecular weight is 1950 g/mol. The first kappa shape index (κ1) is 106. The van der Waals surface area contributed by atoms with Gasteiger partial charge in [0, 0.05) is 58.2 Å². The van der Waals surface area contributed by atoms with Gasteiger partial charge in [0.25, 0.3) is 11.1 Å². The molecule has 4 aliphatic rings. The molecule has 10 N–H and O–H groups in total. The van der Waals surface area contributed by atoms with Crippen molar-refractivity contribution in [3.05, 3.63) is 245 Å². The topological polar surface area (TPSA) is 671 Å². The van der Waals surface area contributed by atoms with E-state index in [4.69, 9.17) is 20.8 Å². The number of benzene rings is 8. The summed E-state index contributed by atoms with van der Waals surface area (Å²) in [4.78, 5) is 115. The number of aromatic amines is 6. The quantitative estimate of drug-likeness (QED) is 0.0192. The van der Waals surface area contributed by atoms with Crippen molar-refractivity contribution in [2.24, 2.45) is 45.9 Å². The number of anilines is 4. The van der Waals surface area contributed by atoms with Crippen molar-refractivity contribution in [3.63, 3.8) is 0 Å². The molecule has 4 heterocycles. The van der Waals surface area contributed by atoms with Crippen LogP contribution in [0, 0.1) is 22.7 Å². The van der Waals surface area contributed by atoms with E-state index in [9.17, 15) is 107 Å². The minimum atomic E-state index is -5.76. The van der Waals surface area contributed by atoms with E-state index in [2.05, 4.69) is 50.5 Å². The van der Waals surface area contributed by atoms with E-state index in [1.165, 1.54) is 99.0 Å². The summed E-state index contributed by atoms with van der Waals surface area (Å²) in [5.74, 6) is -3.17. The van der Waals surface area contributed by atoms with Gasteiger partial charge in [-0.15, -0.1) is 0 Å². The van der Waals surface area contributed by atoms with Crippen LogP contribution in [-0.4, -0.2) is 152 Å². The normalized spacial score (nSPS) is 16.6. The smallest absolute Gasteiger partial charge is 0.744 e. The molecule has 0 atom stereocenters. The van der Waals surface area contributed by atoms with Gasteiger partial charge in [-0.1, -0.05) is 72.8 Å². The molecule has 0 amide bonds. The Hall–Kier alpha value is -7.26. The Labute approximate surface area is 875 Å². The molecule has 8 aromatic carbocycles. The van der Waals surface area contributed by atoms with Crippen molar-refractivity contribution in [1.82, 2.24) is 39.0 Å². The van der Waals surface area contributed by atoms with Gasteiger partial charge < -0.3 is 47.1 Å². The van der Waals surface area contributed by atoms with E-state index in [0.29, 0.717) is 51.4 Å². The van der Waals surface area contributed by atoms with Gasteiger partial charge in [-0.05, 0) is 154 Å². The van der Waals surface area contributed by atoms with Gasteiger partial charge in [0.1, 0.15) is 60.7 Å². The maximum atomic E-state index is 14.8. The van der Waals surface area contributed by atoms with Crippen molar-refractivity contribution in [3.8, 4) is 22.3 Å². The molecule has 0 aliphatic heterocycles. The second-order valence-corrected chi connectivity index (χ2v) is 38.2. The first-order chi connectivity index (χ1) is 58.9. The van der Waals surface area contributed by atoms with E-state index >= 15 is 0 Å². The summed E-state index contributed by atoms with van der Waals surface area (Å²) < 4.78 is 232. The van der Waals surface area contributed by atoms with E-state index in [1.54, 1.807) is 0 Å². The zero-order valence-electron chi connectivity index (χ0n) is 70.5. The molecular formula is C79H62N16Na6O24S6. The third-order valence-electron chi connectivity index (χ3n) is 22.3. The molecule has 52 heteroatoms. The number of aryl methyl sites for hydroxylation is 2. The molecule has 2 fully saturated rings. The average Bonchev–Trinajstić information content (AvgIpc) is 0.707. The molecule has 4 aliphatic carbocycles. The number of nitrogens with zero attached hydrogens (tertiary/aromatic N) is 6. The maximum Gasteiger partial charge on any atom is 1.00 e. The first-order valence-corrected chi connectivity index (χ1v) is 46.1. The molecule has 0 radical (unpaired) electrons. The van der Waals surface area contributed by atoms with Crippen LogP contribution < -0.4 is 233 Å². The zero-order chi connectivity index (χ0) is 89.4. The molecule has 0 saturated heterocycles. The fourth-order valence-corrected chi connectivity index (χ4v) is 20.4. The van der Waals surface area contributed by atoms with Crippen molar-refractivity contribution in [2.45, 2.75) is 99.2 Å². The van der Waals surface area contributed by atoms with Gasteiger partial charge in [0.15, 0.2) is 23.1 Å². The summed E-state index contributed by atoms with van der Waals surface area (Å²) in [6, 6.07) is 26.0. The molecule has 0 spiro atoms. The summed E-state index contributed by atoms with van der Waals surface area (Å²) in [5.41, 5.74) is -10.0. The number of fused-ring (bicyclic) bond motifs is 4. The van der Waals surface area contributed by atoms with Crippen LogP contribution >= 0.6 is 0 Å². The molecule has 0 bridgehead atoms. The van der Waals surface area contributed by atoms with Crippen molar-refractivity contribution in [1.29, 1.82) is 10.8 Å². The fourth-order valence-electron chi connectivity index (χ4n) is 16.6. The van der Waals surface area contributed by atoms with Crippen LogP contribution in [0.5, 0.6) is 0 Å². The predicted molar refractivity (Wildman–Crippen MR) is 431 cm³/mol. The SMILES string of the molecule is Cn1c(=O)c(C(=O)c2cccc(S(=O)(=O)[O-])c2)c2c3c(c(Nc4cc(N=c5[nH]c(=N)[nH]c(=NC6CCC(CC7CCC(N=c8[nH]c(=N)[nH]c(=Nc9cc(Nc%10ccc%11c%12c%10C(=O)c%10ccccc%10-c%12c(C(=O)c%10cccc(S(=O)(=O)[O-])c%10)c(=O)n%11C)c(S(=O)(=O)[O-])cc9S(=O)(=O)[O-])[nH]8)CC7)CC6)[nH]5)c(S(=O)(=O)[O-])cc4S(=O)(=O)[O-])ccc31)C(=O)c1ccccc1-2.[Na+].[Na+].[Na+].[Na+].[Na+].[Na+]. The second kappa shape index (κ2) is 40.6. The number of nitrogens with one attached hydrogen (secondary N) is 10. The number of rotatable bonds is 20. The second-order valence-electron chi connectivity index (χ2n) is 30.0. The van der Waals surface area contributed by atoms with Crippen molar-refractivity contribution >= 4 is 140 Å². The molecule has 40 nitrogen and oxygen atoms in total. The van der Waals surface area contributed by atoms with Gasteiger partial charge in [0.05, 0.1) is 109 Å². The maximum absolute atomic E-state index is 14.8. The van der Waals surface area contributed by atoms with Crippen molar-refractivity contribution < 1.29 is 274 Å². The Morgan fingerprint density at radius 1 is 0.382 bits per heavy atom. The van der Waals surface area contributed by atoms with E-state index in [1.807, 2.05) is 0 Å². The van der Waals surface area contributed by atoms with Crippen LogP contribution in [0.1, 0.15) is 121 Å². The van der Waals surface area contributed by atoms with Crippen LogP contribution in [0.4, 0.5) is 34.1 Å². The van der Waals surface area contributed by atoms with Crippen molar-refractivity contribution in [2.75, 3.05) is 10.6 Å². The van der Waals surface area contributed by atoms with Crippen LogP contribution in [-0.2, 0) is 74.8 Å². The first-order valence-electron chi connectivity index (χ1n) is 37.6. The molecule has 4 aromatic heterocycles. The Balaban J connectivity index is 0.00000297. The van der Waals surface area contributed by atoms with E-state index in [0.717, 1.165) is 64.1 Å². The Kier molecular flexibility index (Phi) is 32.8. The number of H-pyrrole nitrogens is 6. The number of hydrogen-bond donors (Lipinski definition) is 10. The molecule has 644 valence electrons. The van der Waals surface area contributed by atoms with Gasteiger partial charge in [0.2, 0.25) is 33.7 Å². The number of ketones is 4. The number of pyridine rings is 2. The Bertz CT molecular complexity index is 7740. The fraction of sp³-hybridized carbons (Fsp3) is 0.190. The van der Waals surface area contributed by atoms with Crippen LogP contribution in [0.15, 0.2) is 205 Å². The van der Waals surface area contributed by atoms with Gasteiger partial charge in [-0.25, -0.2) is 70.5 Å². The molecule has 2 saturated carbocycles. The minimum Gasteiger partial charge on any atom is -0.744 e. The summed E-state index contributed by atoms with van der Waals surface area (Å²) in [6.45, 7) is 0. The number of hydrogen-bond acceptors (Lipinski definition) is 32. The van der Waals surface area contributed by atoms with Gasteiger partial charge in [-0.3, -0.25) is 69.5 Å². The van der Waals surface area contributed by atoms with E-state index in [-0.39, 0.29) is 302 Å². The summed E-state index contributed by atoms with van der Waals surface area (Å²) >= 11 is 0. The zero-order valence-corrected chi connectivity index (χ0v) is 87.4. The Morgan fingerprint density at radius 3 is 1.04 bits per heavy atom. The number of carbonyl (C=O) groups excluding carboxylic acids is 4. The Morgan fingerprint density at radius 2 is 0.710 bits per heavy atom. The third-order valence-corrected chi connectivity index (χ3v) is 27.4. The largest absolute Gasteiger partial charge is 1.00 e. The monoisotopic (exact) mass is 1950 g/mol. The molecule has 12 aromatic rings. The van der Waals surface area contributed by atoms with Crippen LogP contribution in [0.25, 0.3) is 44.1 Å². The summed E-state index contributed by atoms with van der Waals surface area (Å²) in [7, 11) is -30.6. The van der Waals surface area contributed by atoms with Gasteiger partial charge in [-0.2, -0.15) is 0 Å². The summed E-state index contributed by atoms with van der Waals surface area (Å²) in [5, 5.41) is 22.5. The standard InChI is InChI=1S/C79H68N16O24S6.6Na/c1-94-54-27-25-48(62-64(54)60(44-13-3-5-15-46(44)70(62)98)66(72(94)100)68(96)38-9-7-11-42(30-38)120(102,103)104)84-50-32-52(58(124(114,115)116)34-56(50)122(108,109)110)86-78-90-74(80)88-76(92-78)82-40-21-17-36(18-22-40)29-37-19-23-41(24-20-37)83-77-89-75(81)91-79(93-77)87-53-33-51(57(123(111,112)113)35-59(53)125(117,118)119)85-49-26-28-55-65-61(45-14-4-6-16-47(45)71(99)63(49)65)67(73(101)95(55)2)69(97)39-10-8-12-43(31-39)121(105,106)107;;;;;;/h3-16,25-28,30-37,40-41,84-85H,17-24,29H2,1-2H3,(H,102,103,104)(H,105,106,107)(H,108,109,110)(H,111,112,113)(H,114,115,116)(H,117,118,119)(H4,80,82,86,88,90,92)(H4,81,83,87,89,91,93);;;;;;/q;6*+1/p-6. The minimum absolute atomic E-state index is 0. The number of carbonyl (C=O) groups is 4. The molecular weight excluding hydrogens is 1890 g/mol. The predicted octanol–water partition coefficient (Wildman–Crippen LogP) is -13.4. The molecule has 0 unspecified atom stereocenters. The molecule has 131 heavy (non-hydrogen) atoms. The van der Waals surface area contributed by atoms with Gasteiger partial charge >= 0.3 is 177 Å².